The van der Waals surface area contributed by atoms with Crippen molar-refractivity contribution in [1.82, 2.24) is 26.1 Å². The highest BCUT2D eigenvalue weighted by atomic mass is 16.6. The number of aromatic nitrogens is 1. The van der Waals surface area contributed by atoms with Gasteiger partial charge in [-0.15, -0.1) is 0 Å². The minimum atomic E-state index is -1.43. The molecule has 0 saturated carbocycles. The largest absolute Gasteiger partial charge is 0.451 e. The molecule has 0 unspecified atom stereocenters. The highest BCUT2D eigenvalue weighted by Gasteiger charge is 2.38. The van der Waals surface area contributed by atoms with E-state index in [0.717, 1.165) is 10.9 Å². The van der Waals surface area contributed by atoms with Gasteiger partial charge in [-0.2, -0.15) is 0 Å². The number of benzene rings is 1. The van der Waals surface area contributed by atoms with Crippen LogP contribution in [0.4, 0.5) is 0 Å². The van der Waals surface area contributed by atoms with Gasteiger partial charge in [-0.05, 0) is 57.2 Å². The maximum Gasteiger partial charge on any atom is 0.318 e. The second-order valence-corrected chi connectivity index (χ2v) is 11.4. The summed E-state index contributed by atoms with van der Waals surface area (Å²) >= 11 is 0. The second kappa shape index (κ2) is 12.4. The summed E-state index contributed by atoms with van der Waals surface area (Å²) in [5, 5.41) is 18.0. The van der Waals surface area contributed by atoms with Gasteiger partial charge in [0.2, 0.25) is 5.91 Å². The van der Waals surface area contributed by atoms with E-state index in [1.807, 2.05) is 37.3 Å². The van der Waals surface area contributed by atoms with Crippen LogP contribution >= 0.6 is 0 Å². The number of nitrogens with zero attached hydrogens (tertiary/aromatic N) is 2. The van der Waals surface area contributed by atoms with E-state index >= 15 is 0 Å². The van der Waals surface area contributed by atoms with Crippen molar-refractivity contribution in [3.63, 3.8) is 0 Å². The van der Waals surface area contributed by atoms with Crippen molar-refractivity contribution >= 4 is 40.7 Å². The number of amides is 3. The summed E-state index contributed by atoms with van der Waals surface area (Å²) in [5.74, 6) is -2.47. The third-order valence-corrected chi connectivity index (χ3v) is 7.57. The zero-order valence-electron chi connectivity index (χ0n) is 24.1. The van der Waals surface area contributed by atoms with Crippen molar-refractivity contribution in [3.05, 3.63) is 47.7 Å². The van der Waals surface area contributed by atoms with Gasteiger partial charge in [0.25, 0.3) is 11.8 Å². The molecule has 11 nitrogen and oxygen atoms in total. The van der Waals surface area contributed by atoms with Gasteiger partial charge in [-0.1, -0.05) is 44.2 Å². The van der Waals surface area contributed by atoms with Gasteiger partial charge >= 0.3 is 5.97 Å². The number of aliphatic hydroxyl groups excluding tert-OH is 1. The molecule has 4 N–H and O–H groups in total. The Bertz CT molecular complexity index is 1360. The van der Waals surface area contributed by atoms with Crippen molar-refractivity contribution < 1.29 is 29.0 Å². The van der Waals surface area contributed by atoms with Crippen LogP contribution in [0.2, 0.25) is 0 Å². The quantitative estimate of drug-likeness (QED) is 0.404. The molecule has 3 amide bonds. The van der Waals surface area contributed by atoms with Crippen molar-refractivity contribution in [3.8, 4) is 0 Å². The number of nitrogens with one attached hydrogen (secondary N) is 3. The number of hydrogen-bond donors (Lipinski definition) is 4. The molecule has 0 aliphatic carbocycles. The fraction of sp³-hybridized carbons (Fsp3) is 0.500. The first-order valence-corrected chi connectivity index (χ1v) is 14.0. The van der Waals surface area contributed by atoms with Gasteiger partial charge in [-0.3, -0.25) is 29.2 Å². The first kappa shape index (κ1) is 30.1. The summed E-state index contributed by atoms with van der Waals surface area (Å²) in [7, 11) is 0. The fourth-order valence-corrected chi connectivity index (χ4v) is 4.82. The molecule has 1 saturated heterocycles. The lowest BCUT2D eigenvalue weighted by molar-refractivity contribution is -0.167. The van der Waals surface area contributed by atoms with Crippen LogP contribution in [-0.4, -0.2) is 70.1 Å². The molecule has 2 aliphatic heterocycles. The number of carbonyl (C=O) groups excluding carboxylic acids is 4. The Morgan fingerprint density at radius 3 is 2.49 bits per heavy atom. The highest BCUT2D eigenvalue weighted by Crippen LogP contribution is 2.25. The lowest BCUT2D eigenvalue weighted by atomic mass is 9.90. The van der Waals surface area contributed by atoms with E-state index < -0.39 is 60.0 Å². The summed E-state index contributed by atoms with van der Waals surface area (Å²) in [6, 6.07) is 7.43. The van der Waals surface area contributed by atoms with Gasteiger partial charge in [0, 0.05) is 11.9 Å². The first-order chi connectivity index (χ1) is 19.4. The van der Waals surface area contributed by atoms with Crippen molar-refractivity contribution in [2.24, 2.45) is 11.3 Å². The number of rotatable bonds is 2. The van der Waals surface area contributed by atoms with Gasteiger partial charge in [0.15, 0.2) is 6.10 Å². The summed E-state index contributed by atoms with van der Waals surface area (Å²) in [4.78, 5) is 57.5. The number of hydrogen-bond acceptors (Lipinski definition) is 8. The Balaban J connectivity index is 1.72. The predicted molar refractivity (Wildman–Crippen MR) is 153 cm³/mol. The van der Waals surface area contributed by atoms with Crippen LogP contribution in [0.25, 0.3) is 17.0 Å². The summed E-state index contributed by atoms with van der Waals surface area (Å²) in [6.45, 7) is 8.20. The number of fused-ring (bicyclic) bond motifs is 4. The number of pyridine rings is 1. The summed E-state index contributed by atoms with van der Waals surface area (Å²) < 4.78 is 5.63. The zero-order valence-corrected chi connectivity index (χ0v) is 24.1. The van der Waals surface area contributed by atoms with Gasteiger partial charge in [-0.25, -0.2) is 5.43 Å². The van der Waals surface area contributed by atoms with E-state index in [2.05, 4.69) is 16.1 Å². The molecule has 5 bridgehead atoms. The fourth-order valence-electron chi connectivity index (χ4n) is 4.82. The first-order valence-electron chi connectivity index (χ1n) is 14.0. The van der Waals surface area contributed by atoms with Crippen LogP contribution in [0, 0.1) is 11.3 Å². The van der Waals surface area contributed by atoms with Crippen LogP contribution in [0.15, 0.2) is 36.4 Å². The van der Waals surface area contributed by atoms with Gasteiger partial charge in [0.05, 0.1) is 23.9 Å². The third-order valence-electron chi connectivity index (χ3n) is 7.57. The van der Waals surface area contributed by atoms with E-state index in [9.17, 15) is 24.3 Å². The average Bonchev–Trinajstić information content (AvgIpc) is 2.96. The van der Waals surface area contributed by atoms with E-state index in [1.165, 1.54) is 11.9 Å². The standard InChI is InChI=1S/C30H39N5O6/c1-17(2)25-27(38)32-19(4)28(39)35-14-6-7-23(34-35)26(37)31-18(3)22-11-10-21-9-8-20(15-24(21)33-22)12-13-30(5,16-36)29(40)41-25/h8-13,15,17-19,23,25,34,36H,6-7,14,16H2,1-5H3,(H,31,37)(H,32,38)/b13-12-/t18-,19+,23+,25+,30-/m1/s1. The van der Waals surface area contributed by atoms with Crippen LogP contribution in [0.5, 0.6) is 0 Å². The molecular weight excluding hydrogens is 526 g/mol. The minimum absolute atomic E-state index is 0.258. The van der Waals surface area contributed by atoms with E-state index in [1.54, 1.807) is 32.9 Å². The van der Waals surface area contributed by atoms with Gasteiger partial charge in [0.1, 0.15) is 17.5 Å². The van der Waals surface area contributed by atoms with E-state index in [0.29, 0.717) is 30.6 Å². The molecule has 0 spiro atoms. The normalized spacial score (nSPS) is 29.2. The minimum Gasteiger partial charge on any atom is -0.451 e. The Hall–Kier alpha value is -3.83. The van der Waals surface area contributed by atoms with Crippen LogP contribution in [-0.2, 0) is 23.9 Å². The number of aliphatic hydroxyl groups is 1. The number of esters is 1. The molecule has 2 aromatic rings. The monoisotopic (exact) mass is 565 g/mol. The molecule has 11 heteroatoms. The molecule has 1 aromatic heterocycles. The van der Waals surface area contributed by atoms with E-state index in [4.69, 9.17) is 9.72 Å². The lowest BCUT2D eigenvalue weighted by Crippen LogP contribution is -2.61. The molecule has 1 fully saturated rings. The van der Waals surface area contributed by atoms with Crippen LogP contribution in [0.3, 0.4) is 0 Å². The maximum atomic E-state index is 13.3. The summed E-state index contributed by atoms with van der Waals surface area (Å²) in [6.07, 6.45) is 3.20. The molecule has 1 aromatic carbocycles. The molecule has 5 atom stereocenters. The van der Waals surface area contributed by atoms with Crippen molar-refractivity contribution in [2.45, 2.75) is 71.7 Å². The average molecular weight is 566 g/mol. The van der Waals surface area contributed by atoms with Gasteiger partial charge < -0.3 is 20.5 Å². The number of carbonyl (C=O) groups is 4. The molecule has 3 heterocycles. The molecule has 41 heavy (non-hydrogen) atoms. The Morgan fingerprint density at radius 2 is 1.78 bits per heavy atom. The Kier molecular flexibility index (Phi) is 9.08. The van der Waals surface area contributed by atoms with Crippen LogP contribution < -0.4 is 16.1 Å². The van der Waals surface area contributed by atoms with E-state index in [-0.39, 0.29) is 5.91 Å². The molecule has 4 rings (SSSR count). The summed E-state index contributed by atoms with van der Waals surface area (Å²) in [5.41, 5.74) is 3.68. The third kappa shape index (κ3) is 6.74. The second-order valence-electron chi connectivity index (χ2n) is 11.4. The zero-order chi connectivity index (χ0) is 29.9. The SMILES string of the molecule is CC(C)[C@@H]1OC(=O)[C@@](C)(CO)/C=C\c2ccc3ccc(nc3c2)[C@@H](C)NC(=O)[C@@H]2CCCN(N2)C(=O)[C@H](C)NC1=O. The number of cyclic esters (lactones) is 1. The predicted octanol–water partition coefficient (Wildman–Crippen LogP) is 2.01. The maximum absolute atomic E-state index is 13.3. The molecule has 220 valence electrons. The van der Waals surface area contributed by atoms with Crippen LogP contribution in [0.1, 0.15) is 64.8 Å². The van der Waals surface area contributed by atoms with Crippen molar-refractivity contribution in [2.75, 3.05) is 13.2 Å². The molecule has 0 radical (unpaired) electrons. The number of ether oxygens (including phenoxy) is 1. The number of hydrazine groups is 1. The Labute approximate surface area is 239 Å². The molecule has 2 aliphatic rings. The Morgan fingerprint density at radius 1 is 1.07 bits per heavy atom. The highest BCUT2D eigenvalue weighted by molar-refractivity contribution is 5.91. The molecular formula is C30H39N5O6. The topological polar surface area (TPSA) is 150 Å². The van der Waals surface area contributed by atoms with Crippen molar-refractivity contribution in [1.29, 1.82) is 0 Å². The lowest BCUT2D eigenvalue weighted by Gasteiger charge is -2.35. The smallest absolute Gasteiger partial charge is 0.318 e.